The summed E-state index contributed by atoms with van der Waals surface area (Å²) in [6.07, 6.45) is -1.42. The minimum absolute atomic E-state index is 0.0772. The minimum Gasteiger partial charge on any atom is -0.467 e. The van der Waals surface area contributed by atoms with Crippen molar-refractivity contribution in [1.29, 1.82) is 0 Å². The van der Waals surface area contributed by atoms with E-state index in [1.165, 1.54) is 18.2 Å². The van der Waals surface area contributed by atoms with Crippen molar-refractivity contribution in [2.24, 2.45) is 0 Å². The molecule has 0 saturated carbocycles. The molecule has 0 amide bonds. The Kier molecular flexibility index (Phi) is 5.94. The molecule has 4 fully saturated rings. The lowest BCUT2D eigenvalue weighted by Crippen LogP contribution is -2.68. The fourth-order valence-corrected chi connectivity index (χ4v) is 5.67. The zero-order valence-electron chi connectivity index (χ0n) is 20.9. The van der Waals surface area contributed by atoms with E-state index in [-0.39, 0.29) is 19.0 Å². The number of piperidine rings is 2. The molecular weight excluding hydrogens is 505 g/mol. The quantitative estimate of drug-likeness (QED) is 0.497. The lowest BCUT2D eigenvalue weighted by Gasteiger charge is -2.54. The molecule has 4 aliphatic heterocycles. The van der Waals surface area contributed by atoms with Crippen LogP contribution in [0.2, 0.25) is 0 Å². The maximum Gasteiger partial charge on any atom is 0.491 e. The maximum atomic E-state index is 12.8. The highest BCUT2D eigenvalue weighted by molar-refractivity contribution is 5.82. The highest BCUT2D eigenvalue weighted by atomic mass is 19.4. The van der Waals surface area contributed by atoms with Gasteiger partial charge in [0.15, 0.2) is 5.82 Å². The number of carbonyl (C=O) groups is 1. The molecule has 38 heavy (non-hydrogen) atoms. The molecule has 202 valence electrons. The molecular formula is C25H27F3N6O4. The molecule has 10 nitrogen and oxygen atoms in total. The Bertz CT molecular complexity index is 1380. The molecule has 0 spiro atoms. The summed E-state index contributed by atoms with van der Waals surface area (Å²) in [6, 6.07) is 6.07. The van der Waals surface area contributed by atoms with E-state index in [1.807, 2.05) is 0 Å². The summed E-state index contributed by atoms with van der Waals surface area (Å²) < 4.78 is 55.8. The summed E-state index contributed by atoms with van der Waals surface area (Å²) in [5, 5.41) is 8.95. The van der Waals surface area contributed by atoms with Gasteiger partial charge in [-0.05, 0) is 62.0 Å². The number of rotatable bonds is 5. The van der Waals surface area contributed by atoms with Gasteiger partial charge in [-0.1, -0.05) is 0 Å². The molecule has 3 aromatic rings. The van der Waals surface area contributed by atoms with Crippen LogP contribution in [0.15, 0.2) is 24.4 Å². The van der Waals surface area contributed by atoms with Gasteiger partial charge in [-0.25, -0.2) is 9.48 Å². The van der Waals surface area contributed by atoms with Gasteiger partial charge in [-0.15, -0.1) is 0 Å². The first-order valence-corrected chi connectivity index (χ1v) is 12.5. The second-order valence-corrected chi connectivity index (χ2v) is 10.0. The zero-order chi connectivity index (χ0) is 26.7. The molecule has 2 atom stereocenters. The van der Waals surface area contributed by atoms with Gasteiger partial charge in [-0.2, -0.15) is 28.2 Å². The fraction of sp³-hybridized carbons (Fsp3) is 0.520. The molecule has 2 bridgehead atoms. The third-order valence-corrected chi connectivity index (χ3v) is 7.42. The van der Waals surface area contributed by atoms with Crippen LogP contribution in [-0.2, 0) is 14.3 Å². The number of benzene rings is 1. The normalized spacial score (nSPS) is 23.8. The predicted octanol–water partition coefficient (Wildman–Crippen LogP) is 3.01. The number of esters is 1. The van der Waals surface area contributed by atoms with Crippen molar-refractivity contribution in [1.82, 2.24) is 25.1 Å². The van der Waals surface area contributed by atoms with Crippen molar-refractivity contribution in [3.8, 4) is 11.8 Å². The number of fused-ring (bicyclic) bond motifs is 3. The Hall–Kier alpha value is -3.45. The molecule has 13 heteroatoms. The van der Waals surface area contributed by atoms with E-state index in [0.29, 0.717) is 24.1 Å². The van der Waals surface area contributed by atoms with Gasteiger partial charge in [0.05, 0.1) is 31.5 Å². The molecule has 2 aromatic heterocycles. The molecule has 4 aliphatic rings. The van der Waals surface area contributed by atoms with Crippen molar-refractivity contribution in [3.63, 3.8) is 0 Å². The van der Waals surface area contributed by atoms with Gasteiger partial charge in [0, 0.05) is 24.4 Å². The summed E-state index contributed by atoms with van der Waals surface area (Å²) in [7, 11) is 1.44. The Balaban J connectivity index is 1.33. The first-order chi connectivity index (χ1) is 18.1. The van der Waals surface area contributed by atoms with Gasteiger partial charge in [0.2, 0.25) is 5.79 Å². The Morgan fingerprint density at radius 3 is 2.63 bits per heavy atom. The molecule has 1 N–H and O–H groups in total. The first kappa shape index (κ1) is 24.9. The van der Waals surface area contributed by atoms with Crippen molar-refractivity contribution in [2.45, 2.75) is 50.2 Å². The average Bonchev–Trinajstić information content (AvgIpc) is 3.30. The third-order valence-electron chi connectivity index (χ3n) is 7.42. The molecule has 0 radical (unpaired) electrons. The molecule has 7 rings (SSSR count). The van der Waals surface area contributed by atoms with Crippen molar-refractivity contribution < 1.29 is 32.2 Å². The number of nitrogens with one attached hydrogen (secondary N) is 1. The van der Waals surface area contributed by atoms with Crippen LogP contribution in [0.1, 0.15) is 36.3 Å². The van der Waals surface area contributed by atoms with Crippen LogP contribution in [0.3, 0.4) is 0 Å². The topological polar surface area (TPSA) is 104 Å². The zero-order valence-corrected chi connectivity index (χ0v) is 20.9. The molecule has 2 unspecified atom stereocenters. The van der Waals surface area contributed by atoms with Crippen molar-refractivity contribution in [3.05, 3.63) is 35.5 Å². The summed E-state index contributed by atoms with van der Waals surface area (Å²) >= 11 is 0. The van der Waals surface area contributed by atoms with Gasteiger partial charge >= 0.3 is 18.2 Å². The Morgan fingerprint density at radius 1 is 1.18 bits per heavy atom. The Labute approximate surface area is 216 Å². The van der Waals surface area contributed by atoms with Crippen LogP contribution < -0.4 is 15.0 Å². The van der Waals surface area contributed by atoms with Gasteiger partial charge in [0.1, 0.15) is 5.82 Å². The van der Waals surface area contributed by atoms with E-state index in [9.17, 15) is 18.0 Å². The van der Waals surface area contributed by atoms with E-state index in [1.54, 1.807) is 21.8 Å². The number of carbonyl (C=O) groups excluding carboxylic acids is 1. The molecule has 6 heterocycles. The van der Waals surface area contributed by atoms with Crippen molar-refractivity contribution >= 4 is 22.7 Å². The van der Waals surface area contributed by atoms with Crippen LogP contribution >= 0.6 is 0 Å². The third kappa shape index (κ3) is 4.43. The number of hydrogen-bond donors (Lipinski definition) is 1. The first-order valence-electron chi connectivity index (χ1n) is 12.5. The number of methoxy groups -OCH3 is 1. The lowest BCUT2D eigenvalue weighted by atomic mass is 9.87. The highest BCUT2D eigenvalue weighted by Crippen LogP contribution is 2.42. The summed E-state index contributed by atoms with van der Waals surface area (Å²) in [5.41, 5.74) is 3.39. The number of ether oxygens (including phenoxy) is 3. The van der Waals surface area contributed by atoms with Gasteiger partial charge < -0.3 is 24.4 Å². The SMILES string of the molecule is COc1nc(N2CC3CC(OC(=O)C(F)(F)F)(C2)O3)cc(-n2ncc3cc(C)c(C4CCNCC4)cc32)n1. The van der Waals surface area contributed by atoms with Crippen LogP contribution in [0, 0.1) is 6.92 Å². The molecule has 0 aliphatic carbocycles. The van der Waals surface area contributed by atoms with E-state index >= 15 is 0 Å². The summed E-state index contributed by atoms with van der Waals surface area (Å²) in [5.74, 6) is -2.64. The van der Waals surface area contributed by atoms with Crippen LogP contribution in [0.4, 0.5) is 19.0 Å². The number of alkyl halides is 3. The smallest absolute Gasteiger partial charge is 0.467 e. The van der Waals surface area contributed by atoms with E-state index < -0.39 is 24.0 Å². The average molecular weight is 533 g/mol. The van der Waals surface area contributed by atoms with Gasteiger partial charge in [0.25, 0.3) is 0 Å². The number of aryl methyl sites for hydroxylation is 1. The molecule has 4 saturated heterocycles. The van der Waals surface area contributed by atoms with E-state index in [0.717, 1.165) is 36.8 Å². The number of halogens is 3. The lowest BCUT2D eigenvalue weighted by molar-refractivity contribution is -0.341. The second kappa shape index (κ2) is 9.09. The number of morpholine rings is 1. The fourth-order valence-electron chi connectivity index (χ4n) is 5.67. The number of aromatic nitrogens is 4. The maximum absolute atomic E-state index is 12.8. The van der Waals surface area contributed by atoms with E-state index in [2.05, 4.69) is 39.4 Å². The largest absolute Gasteiger partial charge is 0.491 e. The van der Waals surface area contributed by atoms with Gasteiger partial charge in [-0.3, -0.25) is 0 Å². The van der Waals surface area contributed by atoms with E-state index in [4.69, 9.17) is 14.2 Å². The predicted molar refractivity (Wildman–Crippen MR) is 129 cm³/mol. The highest BCUT2D eigenvalue weighted by Gasteiger charge is 2.58. The second-order valence-electron chi connectivity index (χ2n) is 10.0. The number of anilines is 1. The molecule has 1 aromatic carbocycles. The monoisotopic (exact) mass is 532 g/mol. The standard InChI is InChI=1S/C25H27F3N6O4/c1-14-7-16-11-30-34(19(16)8-18(14)15-3-5-29-6-4-15)21-9-20(31-23(32-21)36-2)33-12-17-10-24(13-33,37-17)38-22(35)25(26,27)28/h7-9,11,15,17,29H,3-6,10,12-13H2,1-2H3. The number of nitrogens with zero attached hydrogens (tertiary/aromatic N) is 5. The number of hydrogen-bond acceptors (Lipinski definition) is 9. The van der Waals surface area contributed by atoms with Crippen LogP contribution in [-0.4, -0.2) is 77.1 Å². The van der Waals surface area contributed by atoms with Crippen molar-refractivity contribution in [2.75, 3.05) is 38.2 Å². The summed E-state index contributed by atoms with van der Waals surface area (Å²) in [6.45, 7) is 4.33. The van der Waals surface area contributed by atoms with Crippen LogP contribution in [0.5, 0.6) is 6.01 Å². The summed E-state index contributed by atoms with van der Waals surface area (Å²) in [4.78, 5) is 22.1. The minimum atomic E-state index is -5.11. The Morgan fingerprint density at radius 2 is 1.92 bits per heavy atom. The van der Waals surface area contributed by atoms with Crippen LogP contribution in [0.25, 0.3) is 16.7 Å².